The van der Waals surface area contributed by atoms with Crippen molar-refractivity contribution in [3.8, 4) is 0 Å². The van der Waals surface area contributed by atoms with Crippen LogP contribution in [0.2, 0.25) is 0 Å². The Labute approximate surface area is 137 Å². The number of hydrogen-bond acceptors (Lipinski definition) is 2. The summed E-state index contributed by atoms with van der Waals surface area (Å²) >= 11 is 0. The van der Waals surface area contributed by atoms with Gasteiger partial charge in [-0.2, -0.15) is 0 Å². The lowest BCUT2D eigenvalue weighted by Crippen LogP contribution is -2.23. The third-order valence-electron chi connectivity index (χ3n) is 3.68. The van der Waals surface area contributed by atoms with Gasteiger partial charge in [0.25, 0.3) is 0 Å². The second kappa shape index (κ2) is 8.91. The number of hydrogen-bond donors (Lipinski definition) is 1. The van der Waals surface area contributed by atoms with Crippen molar-refractivity contribution in [2.24, 2.45) is 5.92 Å². The molecule has 2 rings (SSSR count). The monoisotopic (exact) mass is 309 g/mol. The largest absolute Gasteiger partial charge is 0.481 e. The number of carboxylic acids is 1. The van der Waals surface area contributed by atoms with Crippen molar-refractivity contribution >= 4 is 5.97 Å². The van der Waals surface area contributed by atoms with Crippen molar-refractivity contribution in [1.29, 1.82) is 0 Å². The van der Waals surface area contributed by atoms with Crippen molar-refractivity contribution in [3.63, 3.8) is 0 Å². The summed E-state index contributed by atoms with van der Waals surface area (Å²) in [5.74, 6) is -1.25. The van der Waals surface area contributed by atoms with Crippen LogP contribution in [0.5, 0.6) is 0 Å². The number of rotatable bonds is 8. The highest BCUT2D eigenvalue weighted by molar-refractivity contribution is 5.71. The fourth-order valence-electron chi connectivity index (χ4n) is 2.36. The van der Waals surface area contributed by atoms with Crippen LogP contribution in [0.25, 0.3) is 0 Å². The van der Waals surface area contributed by atoms with E-state index in [0.29, 0.717) is 0 Å². The third kappa shape index (κ3) is 6.09. The maximum Gasteiger partial charge on any atom is 0.310 e. The lowest BCUT2D eigenvalue weighted by molar-refractivity contribution is -0.139. The highest BCUT2D eigenvalue weighted by Gasteiger charge is 2.08. The fraction of sp³-hybridized carbons (Fsp3) is 0.250. The second-order valence-corrected chi connectivity index (χ2v) is 5.70. The van der Waals surface area contributed by atoms with Crippen molar-refractivity contribution < 1.29 is 9.90 Å². The zero-order chi connectivity index (χ0) is 16.5. The first-order valence-electron chi connectivity index (χ1n) is 7.85. The van der Waals surface area contributed by atoms with Gasteiger partial charge in [-0.25, -0.2) is 0 Å². The van der Waals surface area contributed by atoms with Crippen LogP contribution in [0.3, 0.4) is 0 Å². The molecule has 1 N–H and O–H groups in total. The summed E-state index contributed by atoms with van der Waals surface area (Å²) in [6.07, 6.45) is 3.70. The highest BCUT2D eigenvalue weighted by Crippen LogP contribution is 2.10. The SMILES string of the molecule is CC(/C=C\CN(Cc1ccccc1)Cc1ccccc1)C(=O)O. The van der Waals surface area contributed by atoms with Crippen LogP contribution in [0.1, 0.15) is 18.1 Å². The van der Waals surface area contributed by atoms with E-state index in [-0.39, 0.29) is 0 Å². The Morgan fingerprint density at radius 2 is 1.48 bits per heavy atom. The summed E-state index contributed by atoms with van der Waals surface area (Å²) in [6.45, 7) is 4.09. The fourth-order valence-corrected chi connectivity index (χ4v) is 2.36. The zero-order valence-corrected chi connectivity index (χ0v) is 13.4. The van der Waals surface area contributed by atoms with Crippen LogP contribution >= 0.6 is 0 Å². The minimum atomic E-state index is -0.793. The number of carbonyl (C=O) groups is 1. The molecule has 0 fully saturated rings. The van der Waals surface area contributed by atoms with E-state index in [4.69, 9.17) is 5.11 Å². The summed E-state index contributed by atoms with van der Waals surface area (Å²) in [6, 6.07) is 20.6. The van der Waals surface area contributed by atoms with E-state index in [9.17, 15) is 4.79 Å². The molecule has 1 unspecified atom stereocenters. The van der Waals surface area contributed by atoms with Gasteiger partial charge in [-0.1, -0.05) is 72.8 Å². The molecule has 2 aromatic carbocycles. The van der Waals surface area contributed by atoms with Gasteiger partial charge in [0.05, 0.1) is 5.92 Å². The molecule has 0 aliphatic carbocycles. The summed E-state index contributed by atoms with van der Waals surface area (Å²) < 4.78 is 0. The molecule has 0 radical (unpaired) electrons. The topological polar surface area (TPSA) is 40.5 Å². The molecule has 0 aliphatic heterocycles. The number of nitrogens with zero attached hydrogens (tertiary/aromatic N) is 1. The minimum Gasteiger partial charge on any atom is -0.481 e. The van der Waals surface area contributed by atoms with Gasteiger partial charge < -0.3 is 5.11 Å². The van der Waals surface area contributed by atoms with Gasteiger partial charge in [0.2, 0.25) is 0 Å². The average Bonchev–Trinajstić information content (AvgIpc) is 2.56. The molecule has 0 aliphatic rings. The Morgan fingerprint density at radius 1 is 1.00 bits per heavy atom. The van der Waals surface area contributed by atoms with Crippen molar-refractivity contribution in [1.82, 2.24) is 4.90 Å². The van der Waals surface area contributed by atoms with Crippen LogP contribution in [-0.4, -0.2) is 22.5 Å². The van der Waals surface area contributed by atoms with E-state index < -0.39 is 11.9 Å². The van der Waals surface area contributed by atoms with Crippen LogP contribution in [0.15, 0.2) is 72.8 Å². The molecule has 3 heteroatoms. The van der Waals surface area contributed by atoms with Gasteiger partial charge in [-0.3, -0.25) is 9.69 Å². The summed E-state index contributed by atoms with van der Waals surface area (Å²) in [4.78, 5) is 13.2. The number of benzene rings is 2. The normalized spacial score (nSPS) is 12.6. The lowest BCUT2D eigenvalue weighted by atomic mass is 10.1. The standard InChI is InChI=1S/C20H23NO2/c1-17(20(22)23)9-8-14-21(15-18-10-4-2-5-11-18)16-19-12-6-3-7-13-19/h2-13,17H,14-16H2,1H3,(H,22,23)/b9-8-. The second-order valence-electron chi connectivity index (χ2n) is 5.70. The molecule has 1 atom stereocenters. The molecule has 120 valence electrons. The van der Waals surface area contributed by atoms with Crippen molar-refractivity contribution in [2.75, 3.05) is 6.54 Å². The third-order valence-corrected chi connectivity index (χ3v) is 3.68. The minimum absolute atomic E-state index is 0.453. The Morgan fingerprint density at radius 3 is 1.91 bits per heavy atom. The Hall–Kier alpha value is -2.39. The van der Waals surface area contributed by atoms with E-state index in [1.165, 1.54) is 11.1 Å². The van der Waals surface area contributed by atoms with Gasteiger partial charge in [0, 0.05) is 19.6 Å². The van der Waals surface area contributed by atoms with E-state index in [0.717, 1.165) is 19.6 Å². The van der Waals surface area contributed by atoms with Gasteiger partial charge in [-0.05, 0) is 18.1 Å². The molecule has 23 heavy (non-hydrogen) atoms. The van der Waals surface area contributed by atoms with E-state index >= 15 is 0 Å². The highest BCUT2D eigenvalue weighted by atomic mass is 16.4. The molecule has 0 saturated heterocycles. The summed E-state index contributed by atoms with van der Waals surface area (Å²) in [5.41, 5.74) is 2.51. The zero-order valence-electron chi connectivity index (χ0n) is 13.4. The summed E-state index contributed by atoms with van der Waals surface area (Å²) in [5, 5.41) is 8.95. The van der Waals surface area contributed by atoms with Gasteiger partial charge in [0.1, 0.15) is 0 Å². The average molecular weight is 309 g/mol. The number of carboxylic acid groups (broad SMARTS) is 1. The Balaban J connectivity index is 2.03. The van der Waals surface area contributed by atoms with Crippen LogP contribution in [-0.2, 0) is 17.9 Å². The predicted octanol–water partition coefficient (Wildman–Crippen LogP) is 3.97. The molecule has 0 spiro atoms. The molecule has 0 aromatic heterocycles. The maximum absolute atomic E-state index is 10.9. The van der Waals surface area contributed by atoms with Gasteiger partial charge >= 0.3 is 5.97 Å². The molecule has 0 saturated carbocycles. The first-order chi connectivity index (χ1) is 11.1. The van der Waals surface area contributed by atoms with Gasteiger partial charge in [-0.15, -0.1) is 0 Å². The number of aliphatic carboxylic acids is 1. The first-order valence-corrected chi connectivity index (χ1v) is 7.85. The molecule has 2 aromatic rings. The molecule has 0 heterocycles. The van der Waals surface area contributed by atoms with E-state index in [2.05, 4.69) is 29.2 Å². The van der Waals surface area contributed by atoms with Crippen molar-refractivity contribution in [2.45, 2.75) is 20.0 Å². The van der Waals surface area contributed by atoms with Gasteiger partial charge in [0.15, 0.2) is 0 Å². The van der Waals surface area contributed by atoms with Crippen LogP contribution in [0.4, 0.5) is 0 Å². The van der Waals surface area contributed by atoms with E-state index in [1.54, 1.807) is 13.0 Å². The Bertz CT molecular complexity index is 581. The molecular formula is C20H23NO2. The predicted molar refractivity (Wildman–Crippen MR) is 92.9 cm³/mol. The van der Waals surface area contributed by atoms with Crippen LogP contribution in [0, 0.1) is 5.92 Å². The maximum atomic E-state index is 10.9. The molecule has 0 bridgehead atoms. The first kappa shape index (κ1) is 17.0. The van der Waals surface area contributed by atoms with E-state index in [1.807, 2.05) is 42.5 Å². The molecule has 3 nitrogen and oxygen atoms in total. The molecular weight excluding hydrogens is 286 g/mol. The molecule has 0 amide bonds. The summed E-state index contributed by atoms with van der Waals surface area (Å²) in [7, 11) is 0. The van der Waals surface area contributed by atoms with Crippen LogP contribution < -0.4 is 0 Å². The smallest absolute Gasteiger partial charge is 0.310 e. The lowest BCUT2D eigenvalue weighted by Gasteiger charge is -2.21. The van der Waals surface area contributed by atoms with Crippen molar-refractivity contribution in [3.05, 3.63) is 83.9 Å². The quantitative estimate of drug-likeness (QED) is 0.750. The Kier molecular flexibility index (Phi) is 6.57.